The molecule has 1 heterocycles. The lowest BCUT2D eigenvalue weighted by Gasteiger charge is -2.23. The molecule has 0 bridgehead atoms. The smallest absolute Gasteiger partial charge is 0.219 e. The standard InChI is InChI=1S/C13H20N2O3S/c1-10-13(7-8-18-10)19(16,17)15(2)9-11-5-3-4-6-12(11)14/h3-6,10,13H,7-9,14H2,1-2H3/t10-,13-/m0/s1. The van der Waals surface area contributed by atoms with Crippen LogP contribution in [-0.2, 0) is 21.3 Å². The molecular weight excluding hydrogens is 264 g/mol. The fourth-order valence-electron chi connectivity index (χ4n) is 2.34. The normalized spacial score (nSPS) is 23.9. The highest BCUT2D eigenvalue weighted by Gasteiger charge is 2.38. The first kappa shape index (κ1) is 14.3. The minimum atomic E-state index is -3.35. The Morgan fingerprint density at radius 2 is 2.11 bits per heavy atom. The molecule has 0 unspecified atom stereocenters. The topological polar surface area (TPSA) is 72.6 Å². The minimum absolute atomic E-state index is 0.249. The molecule has 0 aromatic heterocycles. The van der Waals surface area contributed by atoms with E-state index >= 15 is 0 Å². The van der Waals surface area contributed by atoms with Gasteiger partial charge in [0.25, 0.3) is 0 Å². The van der Waals surface area contributed by atoms with Crippen molar-refractivity contribution in [2.75, 3.05) is 19.4 Å². The van der Waals surface area contributed by atoms with Crippen molar-refractivity contribution in [2.24, 2.45) is 0 Å². The largest absolute Gasteiger partial charge is 0.398 e. The van der Waals surface area contributed by atoms with Gasteiger partial charge >= 0.3 is 0 Å². The van der Waals surface area contributed by atoms with E-state index in [1.165, 1.54) is 4.31 Å². The molecule has 5 nitrogen and oxygen atoms in total. The van der Waals surface area contributed by atoms with Gasteiger partial charge in [-0.05, 0) is 25.0 Å². The van der Waals surface area contributed by atoms with Crippen LogP contribution in [0.25, 0.3) is 0 Å². The summed E-state index contributed by atoms with van der Waals surface area (Å²) in [6.07, 6.45) is 0.304. The summed E-state index contributed by atoms with van der Waals surface area (Å²) in [6, 6.07) is 7.31. The van der Waals surface area contributed by atoms with Crippen molar-refractivity contribution in [1.82, 2.24) is 4.31 Å². The van der Waals surface area contributed by atoms with E-state index in [4.69, 9.17) is 10.5 Å². The molecule has 0 radical (unpaired) electrons. The van der Waals surface area contributed by atoms with E-state index in [0.29, 0.717) is 18.7 Å². The Labute approximate surface area is 114 Å². The van der Waals surface area contributed by atoms with E-state index in [2.05, 4.69) is 0 Å². The second-order valence-corrected chi connectivity index (χ2v) is 7.16. The van der Waals surface area contributed by atoms with Crippen LogP contribution >= 0.6 is 0 Å². The van der Waals surface area contributed by atoms with Gasteiger partial charge in [0.1, 0.15) is 5.25 Å². The van der Waals surface area contributed by atoms with Crippen LogP contribution in [0.2, 0.25) is 0 Å². The highest BCUT2D eigenvalue weighted by Crippen LogP contribution is 2.25. The average molecular weight is 284 g/mol. The molecule has 19 heavy (non-hydrogen) atoms. The first-order chi connectivity index (χ1) is 8.93. The molecule has 1 saturated heterocycles. The maximum absolute atomic E-state index is 12.5. The maximum Gasteiger partial charge on any atom is 0.219 e. The van der Waals surface area contributed by atoms with Crippen molar-refractivity contribution in [3.05, 3.63) is 29.8 Å². The van der Waals surface area contributed by atoms with Gasteiger partial charge in [-0.2, -0.15) is 0 Å². The van der Waals surface area contributed by atoms with E-state index in [0.717, 1.165) is 5.56 Å². The number of sulfonamides is 1. The van der Waals surface area contributed by atoms with Gasteiger partial charge < -0.3 is 10.5 Å². The van der Waals surface area contributed by atoms with Gasteiger partial charge in [0.05, 0.1) is 6.10 Å². The van der Waals surface area contributed by atoms with Crippen LogP contribution in [0.5, 0.6) is 0 Å². The number of nitrogens with zero attached hydrogens (tertiary/aromatic N) is 1. The van der Waals surface area contributed by atoms with Crippen molar-refractivity contribution in [3.63, 3.8) is 0 Å². The SMILES string of the molecule is C[C@@H]1OCC[C@@H]1S(=O)(=O)N(C)Cc1ccccc1N. The predicted molar refractivity (Wildman–Crippen MR) is 75.1 cm³/mol. The van der Waals surface area contributed by atoms with Crippen LogP contribution in [0, 0.1) is 0 Å². The summed E-state index contributed by atoms with van der Waals surface area (Å²) < 4.78 is 31.6. The summed E-state index contributed by atoms with van der Waals surface area (Å²) >= 11 is 0. The van der Waals surface area contributed by atoms with Crippen molar-refractivity contribution < 1.29 is 13.2 Å². The summed E-state index contributed by atoms with van der Waals surface area (Å²) in [6.45, 7) is 2.60. The Morgan fingerprint density at radius 1 is 1.42 bits per heavy atom. The first-order valence-corrected chi connectivity index (χ1v) is 7.83. The van der Waals surface area contributed by atoms with E-state index in [1.807, 2.05) is 18.2 Å². The molecule has 1 aliphatic rings. The summed E-state index contributed by atoms with van der Waals surface area (Å²) in [7, 11) is -1.76. The zero-order valence-electron chi connectivity index (χ0n) is 11.2. The molecule has 106 valence electrons. The predicted octanol–water partition coefficient (Wildman–Crippen LogP) is 1.21. The van der Waals surface area contributed by atoms with Crippen LogP contribution in [0.3, 0.4) is 0 Å². The second-order valence-electron chi connectivity index (χ2n) is 4.90. The maximum atomic E-state index is 12.5. The molecule has 0 amide bonds. The molecule has 0 saturated carbocycles. The summed E-state index contributed by atoms with van der Waals surface area (Å²) in [5.74, 6) is 0. The average Bonchev–Trinajstić information content (AvgIpc) is 2.79. The number of ether oxygens (including phenoxy) is 1. The van der Waals surface area contributed by atoms with Gasteiger partial charge in [-0.25, -0.2) is 12.7 Å². The number of hydrogen-bond donors (Lipinski definition) is 1. The van der Waals surface area contributed by atoms with Gasteiger partial charge in [0, 0.05) is 25.9 Å². The number of nitrogen functional groups attached to an aromatic ring is 1. The molecule has 0 aliphatic carbocycles. The molecule has 1 aromatic rings. The van der Waals surface area contributed by atoms with E-state index in [-0.39, 0.29) is 12.6 Å². The van der Waals surface area contributed by atoms with Crippen molar-refractivity contribution in [2.45, 2.75) is 31.2 Å². The van der Waals surface area contributed by atoms with Gasteiger partial charge in [-0.3, -0.25) is 0 Å². The number of benzene rings is 1. The third kappa shape index (κ3) is 2.91. The summed E-state index contributed by atoms with van der Waals surface area (Å²) in [5, 5.41) is -0.456. The molecule has 2 rings (SSSR count). The zero-order valence-corrected chi connectivity index (χ0v) is 12.1. The van der Waals surface area contributed by atoms with Crippen LogP contribution in [0.4, 0.5) is 5.69 Å². The van der Waals surface area contributed by atoms with Crippen LogP contribution in [0.15, 0.2) is 24.3 Å². The molecule has 2 atom stereocenters. The molecule has 0 spiro atoms. The lowest BCUT2D eigenvalue weighted by Crippen LogP contribution is -2.39. The van der Waals surface area contributed by atoms with Crippen molar-refractivity contribution >= 4 is 15.7 Å². The Bertz CT molecular complexity index is 545. The van der Waals surface area contributed by atoms with Gasteiger partial charge in [-0.15, -0.1) is 0 Å². The molecule has 1 fully saturated rings. The monoisotopic (exact) mass is 284 g/mol. The molecular formula is C13H20N2O3S. The van der Waals surface area contributed by atoms with Crippen LogP contribution in [-0.4, -0.2) is 37.7 Å². The molecule has 1 aliphatic heterocycles. The van der Waals surface area contributed by atoms with Crippen LogP contribution < -0.4 is 5.73 Å². The molecule has 2 N–H and O–H groups in total. The number of nitrogens with two attached hydrogens (primary N) is 1. The van der Waals surface area contributed by atoms with E-state index in [9.17, 15) is 8.42 Å². The number of anilines is 1. The lowest BCUT2D eigenvalue weighted by molar-refractivity contribution is 0.125. The Kier molecular flexibility index (Phi) is 4.13. The number of para-hydroxylation sites is 1. The lowest BCUT2D eigenvalue weighted by atomic mass is 10.2. The quantitative estimate of drug-likeness (QED) is 0.843. The molecule has 1 aromatic carbocycles. The highest BCUT2D eigenvalue weighted by atomic mass is 32.2. The third-order valence-corrected chi connectivity index (χ3v) is 5.95. The summed E-state index contributed by atoms with van der Waals surface area (Å²) in [4.78, 5) is 0. The fourth-order valence-corrected chi connectivity index (χ4v) is 4.08. The zero-order chi connectivity index (χ0) is 14.0. The highest BCUT2D eigenvalue weighted by molar-refractivity contribution is 7.89. The van der Waals surface area contributed by atoms with E-state index in [1.54, 1.807) is 20.0 Å². The van der Waals surface area contributed by atoms with Gasteiger partial charge in [0.15, 0.2) is 0 Å². The van der Waals surface area contributed by atoms with E-state index < -0.39 is 15.3 Å². The van der Waals surface area contributed by atoms with Crippen molar-refractivity contribution in [3.8, 4) is 0 Å². The Balaban J connectivity index is 2.15. The fraction of sp³-hybridized carbons (Fsp3) is 0.538. The molecule has 6 heteroatoms. The summed E-state index contributed by atoms with van der Waals surface area (Å²) in [5.41, 5.74) is 7.28. The third-order valence-electron chi connectivity index (χ3n) is 3.57. The van der Waals surface area contributed by atoms with Crippen LogP contribution in [0.1, 0.15) is 18.9 Å². The first-order valence-electron chi connectivity index (χ1n) is 6.33. The second kappa shape index (κ2) is 5.48. The number of rotatable bonds is 4. The van der Waals surface area contributed by atoms with Gasteiger partial charge in [-0.1, -0.05) is 18.2 Å². The minimum Gasteiger partial charge on any atom is -0.398 e. The Morgan fingerprint density at radius 3 is 2.68 bits per heavy atom. The van der Waals surface area contributed by atoms with Gasteiger partial charge in [0.2, 0.25) is 10.0 Å². The Hall–Kier alpha value is -1.11. The number of hydrogen-bond acceptors (Lipinski definition) is 4. The van der Waals surface area contributed by atoms with Crippen molar-refractivity contribution in [1.29, 1.82) is 0 Å².